The summed E-state index contributed by atoms with van der Waals surface area (Å²) in [6, 6.07) is 63.8. The Morgan fingerprint density at radius 2 is 0.618 bits per heavy atom. The van der Waals surface area contributed by atoms with E-state index in [1.54, 1.807) is 0 Å². The lowest BCUT2D eigenvalue weighted by Crippen LogP contribution is -2.28. The van der Waals surface area contributed by atoms with Crippen LogP contribution in [0.15, 0.2) is 198 Å². The molecule has 0 atom stereocenters. The van der Waals surface area contributed by atoms with Crippen molar-refractivity contribution in [3.63, 3.8) is 0 Å². The minimum Gasteiger partial charge on any atom is -0.431 e. The van der Waals surface area contributed by atoms with Gasteiger partial charge in [0.2, 0.25) is 0 Å². The number of nitrogens with zero attached hydrogens (tertiary/aromatic N) is 2. The predicted octanol–water partition coefficient (Wildman–Crippen LogP) is 21.9. The average molecular weight is 1240 g/mol. The van der Waals surface area contributed by atoms with Gasteiger partial charge in [-0.2, -0.15) is 21.6 Å². The molecule has 2 heterocycles. The molecule has 2 aliphatic heterocycles. The molecular weight excluding hydrogens is 1180 g/mol. The highest BCUT2D eigenvalue weighted by molar-refractivity contribution is 7.94. The van der Waals surface area contributed by atoms with E-state index in [0.29, 0.717) is 77.9 Å². The first-order valence-corrected chi connectivity index (χ1v) is 34.0. The van der Waals surface area contributed by atoms with Gasteiger partial charge >= 0.3 is 30.7 Å². The molecule has 0 saturated carbocycles. The molecule has 0 fully saturated rings. The Kier molecular flexibility index (Phi) is 13.7. The second-order valence-electron chi connectivity index (χ2n) is 23.9. The zero-order chi connectivity index (χ0) is 62.2. The summed E-state index contributed by atoms with van der Waals surface area (Å²) in [5, 5.41) is 6.17. The molecule has 0 amide bonds. The smallest absolute Gasteiger partial charge is 0.431 e. The summed E-state index contributed by atoms with van der Waals surface area (Å²) < 4.78 is 114. The molecule has 0 spiro atoms. The van der Waals surface area contributed by atoms with Crippen molar-refractivity contribution in [2.24, 2.45) is 4.15 Å². The monoisotopic (exact) mass is 1240 g/mol. The normalized spacial score (nSPS) is 14.2. The Hall–Kier alpha value is -8.89. The molecule has 12 aromatic carbocycles. The molecule has 14 rings (SSSR count). The van der Waals surface area contributed by atoms with Gasteiger partial charge in [-0.1, -0.05) is 219 Å². The molecular formula is C75H61F3N2O6P2S. The number of hydrogen-bond acceptors (Lipinski definition) is 6. The van der Waals surface area contributed by atoms with Gasteiger partial charge in [-0.25, -0.2) is 0 Å². The summed E-state index contributed by atoms with van der Waals surface area (Å²) in [4.78, 5) is 0. The number of alkyl halides is 3. The van der Waals surface area contributed by atoms with E-state index in [4.69, 9.17) is 24.4 Å². The van der Waals surface area contributed by atoms with E-state index in [1.807, 2.05) is 213 Å². The lowest BCUT2D eigenvalue weighted by atomic mass is 9.86. The van der Waals surface area contributed by atoms with Crippen LogP contribution in [0.1, 0.15) is 44.5 Å². The number of hydrogen-bond donors (Lipinski definition) is 0. The number of benzene rings is 12. The van der Waals surface area contributed by atoms with Crippen LogP contribution in [0, 0.1) is 55.4 Å². The summed E-state index contributed by atoms with van der Waals surface area (Å²) in [6.07, 6.45) is 4.97. The van der Waals surface area contributed by atoms with E-state index in [2.05, 4.69) is 40.5 Å². The first-order valence-electron chi connectivity index (χ1n) is 29.2. The Balaban J connectivity index is 1.18. The third-order valence-electron chi connectivity index (χ3n) is 16.8. The molecule has 0 aliphatic carbocycles. The van der Waals surface area contributed by atoms with E-state index >= 15 is 13.2 Å². The van der Waals surface area contributed by atoms with Gasteiger partial charge in [-0.3, -0.25) is 0 Å². The van der Waals surface area contributed by atoms with Gasteiger partial charge in [0.25, 0.3) is 0 Å². The molecule has 0 saturated heterocycles. The highest BCUT2D eigenvalue weighted by atomic mass is 32.2. The fourth-order valence-corrected chi connectivity index (χ4v) is 19.9. The highest BCUT2D eigenvalue weighted by Crippen LogP contribution is 2.75. The van der Waals surface area contributed by atoms with Crippen LogP contribution in [0.2, 0.25) is 0 Å². The van der Waals surface area contributed by atoms with E-state index < -0.39 is 30.7 Å². The molecule has 2 aliphatic rings. The zero-order valence-corrected chi connectivity index (χ0v) is 53.1. The largest absolute Gasteiger partial charge is 0.518 e. The fraction of sp³-hybridized carbons (Fsp3) is 0.133. The molecule has 0 bridgehead atoms. The van der Waals surface area contributed by atoms with Crippen LogP contribution >= 0.6 is 15.1 Å². The molecule has 8 nitrogen and oxygen atoms in total. The van der Waals surface area contributed by atoms with Crippen LogP contribution in [-0.2, 0) is 10.0 Å². The number of fused-ring (bicyclic) bond motifs is 14. The van der Waals surface area contributed by atoms with E-state index in [1.165, 1.54) is 11.5 Å². The minimum absolute atomic E-state index is 0.0301. The van der Waals surface area contributed by atoms with Crippen LogP contribution in [0.4, 0.5) is 13.2 Å². The van der Waals surface area contributed by atoms with Crippen LogP contribution in [0.3, 0.4) is 0 Å². The lowest BCUT2D eigenvalue weighted by molar-refractivity contribution is -0.0435. The minimum atomic E-state index is -6.60. The Bertz CT molecular complexity index is 4920. The van der Waals surface area contributed by atoms with Gasteiger partial charge in [-0.15, -0.1) is 4.44 Å². The second kappa shape index (κ2) is 21.1. The summed E-state index contributed by atoms with van der Waals surface area (Å²) in [6.45, 7) is 15.9. The van der Waals surface area contributed by atoms with Gasteiger partial charge < -0.3 is 18.1 Å². The maximum absolute atomic E-state index is 16.0. The summed E-state index contributed by atoms with van der Waals surface area (Å²) in [5.41, 5.74) is 8.71. The van der Waals surface area contributed by atoms with Crippen molar-refractivity contribution in [2.75, 3.05) is 7.05 Å². The van der Waals surface area contributed by atoms with Crippen molar-refractivity contribution in [1.29, 1.82) is 0 Å². The van der Waals surface area contributed by atoms with Crippen molar-refractivity contribution in [3.05, 3.63) is 239 Å². The summed E-state index contributed by atoms with van der Waals surface area (Å²) >= 11 is 0. The fourth-order valence-electron chi connectivity index (χ4n) is 13.3. The predicted molar refractivity (Wildman–Crippen MR) is 362 cm³/mol. The van der Waals surface area contributed by atoms with E-state index in [-0.39, 0.29) is 11.5 Å². The average Bonchev–Trinajstić information content (AvgIpc) is 1.67. The molecule has 0 radical (unpaired) electrons. The number of aryl methyl sites for hydroxylation is 8. The summed E-state index contributed by atoms with van der Waals surface area (Å²) in [5.74, 6) is 0.647. The van der Waals surface area contributed by atoms with Crippen molar-refractivity contribution in [3.8, 4) is 89.8 Å². The Morgan fingerprint density at radius 1 is 0.382 bits per heavy atom. The van der Waals surface area contributed by atoms with Gasteiger partial charge in [0, 0.05) is 51.6 Å². The third kappa shape index (κ3) is 9.89. The third-order valence-corrected chi connectivity index (χ3v) is 24.0. The van der Waals surface area contributed by atoms with Crippen molar-refractivity contribution in [1.82, 2.24) is 4.44 Å². The Labute approximate surface area is 516 Å². The van der Waals surface area contributed by atoms with Gasteiger partial charge in [0.15, 0.2) is 0 Å². The van der Waals surface area contributed by atoms with E-state index in [0.717, 1.165) is 88.0 Å². The van der Waals surface area contributed by atoms with Crippen molar-refractivity contribution >= 4 is 74.6 Å². The zero-order valence-electron chi connectivity index (χ0n) is 50.5. The summed E-state index contributed by atoms with van der Waals surface area (Å²) in [7, 11) is -15.3. The second-order valence-corrected chi connectivity index (χ2v) is 30.5. The lowest BCUT2D eigenvalue weighted by Gasteiger charge is -2.38. The van der Waals surface area contributed by atoms with Crippen molar-refractivity contribution in [2.45, 2.75) is 60.9 Å². The van der Waals surface area contributed by atoms with Crippen LogP contribution < -0.4 is 18.1 Å². The van der Waals surface area contributed by atoms with Gasteiger partial charge in [0.1, 0.15) is 23.0 Å². The molecule has 0 N–H and O–H groups in total. The van der Waals surface area contributed by atoms with Crippen LogP contribution in [-0.4, -0.2) is 31.7 Å². The SMILES string of the molecule is C=P1(N(C)P2(=NS(=O)(=O)C(F)(F)F)Oc3c(-c4cc(C)cc(C)c4)cc4ccccc4c3-c3c(c(-c4cc(C)cc(C)c4)cc4ccccc34)O2)Oc2c(-c3cc(C)cc(C)c3)cc3ccccc3c2-c2c(c(-c3cc(C)cc(C)c3)cc3ccccc23)O1. The number of halogens is 3. The van der Waals surface area contributed by atoms with Gasteiger partial charge in [0.05, 0.1) is 0 Å². The van der Waals surface area contributed by atoms with Gasteiger partial charge in [-0.05, 0) is 151 Å². The first-order chi connectivity index (χ1) is 42.4. The maximum atomic E-state index is 16.0. The molecule has 89 heavy (non-hydrogen) atoms. The molecule has 12 aromatic rings. The quantitative estimate of drug-likeness (QED) is 0.147. The van der Waals surface area contributed by atoms with E-state index in [9.17, 15) is 8.42 Å². The number of rotatable bonds is 7. The molecule has 444 valence electrons. The highest BCUT2D eigenvalue weighted by Gasteiger charge is 2.55. The molecule has 14 heteroatoms. The number of sulfonamides is 1. The Morgan fingerprint density at radius 3 is 0.865 bits per heavy atom. The van der Waals surface area contributed by atoms with Crippen LogP contribution in [0.25, 0.3) is 110 Å². The first kappa shape index (κ1) is 57.8. The standard InChI is InChI=1S/C75H61F3N2O6P2S/c1-43-27-44(2)32-55(31-43)63-39-51-19-11-15-23-59(51)67-68-60-24-16-12-20-52(60)40-64(56-33-45(3)28-46(4)34-56)72(68)84-87(10,83-71(63)67)80(9)88(79-89(81,82)75(76,77)78)85-73-65(57-35-47(5)29-48(6)36-57)41-53-21-13-17-25-61(53)69(73)70-62-26-18-14-22-54(62)42-66(74(70)86-88)58-37-49(7)30-50(8)38-58/h11-42H,10H2,1-9H3. The van der Waals surface area contributed by atoms with Crippen LogP contribution in [0.5, 0.6) is 23.0 Å². The topological polar surface area (TPSA) is 86.7 Å². The molecule has 0 aromatic heterocycles. The molecule has 0 unspecified atom stereocenters. The maximum Gasteiger partial charge on any atom is 0.518 e. The van der Waals surface area contributed by atoms with Crippen molar-refractivity contribution < 1.29 is 39.7 Å².